The third kappa shape index (κ3) is 3.99. The lowest BCUT2D eigenvalue weighted by atomic mass is 10.1. The van der Waals surface area contributed by atoms with Crippen molar-refractivity contribution in [3.63, 3.8) is 0 Å². The second-order valence-electron chi connectivity index (χ2n) is 3.67. The molecule has 1 aliphatic carbocycles. The molecule has 0 amide bonds. The molecular weight excluding hydrogens is 180 g/mol. The molecular formula is C15H18. The Morgan fingerprint density at radius 1 is 1.33 bits per heavy atom. The average molecular weight is 198 g/mol. The highest BCUT2D eigenvalue weighted by molar-refractivity contribution is 5.41. The van der Waals surface area contributed by atoms with Crippen molar-refractivity contribution in [2.45, 2.75) is 20.3 Å². The molecule has 0 nitrogen and oxygen atoms in total. The molecule has 0 heterocycles. The van der Waals surface area contributed by atoms with Crippen LogP contribution in [0.1, 0.15) is 20.3 Å². The van der Waals surface area contributed by atoms with E-state index in [-0.39, 0.29) is 0 Å². The number of hydrogen-bond acceptors (Lipinski definition) is 0. The Balaban J connectivity index is 2.64. The van der Waals surface area contributed by atoms with Gasteiger partial charge in [0.05, 0.1) is 0 Å². The number of rotatable bonds is 4. The van der Waals surface area contributed by atoms with Crippen LogP contribution in [-0.4, -0.2) is 0 Å². The summed E-state index contributed by atoms with van der Waals surface area (Å²) in [6.07, 6.45) is 17.6. The Kier molecular flexibility index (Phi) is 4.62. The van der Waals surface area contributed by atoms with Crippen LogP contribution in [0.2, 0.25) is 0 Å². The minimum Gasteiger partial charge on any atom is -0.0990 e. The van der Waals surface area contributed by atoms with Crippen LogP contribution in [0.3, 0.4) is 0 Å². The quantitative estimate of drug-likeness (QED) is 0.583. The van der Waals surface area contributed by atoms with Gasteiger partial charge in [-0.15, -0.1) is 0 Å². The van der Waals surface area contributed by atoms with Gasteiger partial charge >= 0.3 is 0 Å². The zero-order chi connectivity index (χ0) is 11.1. The van der Waals surface area contributed by atoms with Crippen molar-refractivity contribution >= 4 is 0 Å². The number of allylic oxidation sites excluding steroid dienone is 11. The lowest BCUT2D eigenvalue weighted by Crippen LogP contribution is -1.75. The van der Waals surface area contributed by atoms with Crippen LogP contribution in [0.5, 0.6) is 0 Å². The molecule has 0 saturated carbocycles. The Hall–Kier alpha value is -1.56. The van der Waals surface area contributed by atoms with Gasteiger partial charge in [-0.05, 0) is 31.4 Å². The van der Waals surface area contributed by atoms with Gasteiger partial charge in [0.2, 0.25) is 0 Å². The van der Waals surface area contributed by atoms with Gasteiger partial charge in [0, 0.05) is 0 Å². The molecule has 15 heavy (non-hydrogen) atoms. The molecule has 0 unspecified atom stereocenters. The van der Waals surface area contributed by atoms with Crippen molar-refractivity contribution in [2.24, 2.45) is 0 Å². The van der Waals surface area contributed by atoms with E-state index < -0.39 is 0 Å². The summed E-state index contributed by atoms with van der Waals surface area (Å²) in [7, 11) is 0. The first-order chi connectivity index (χ1) is 7.26. The zero-order valence-corrected chi connectivity index (χ0v) is 9.53. The van der Waals surface area contributed by atoms with Gasteiger partial charge < -0.3 is 0 Å². The SMILES string of the molecule is C=C/C=C(\C=C/C)/C=C/C1=CC=C(C)C1. The maximum atomic E-state index is 3.71. The van der Waals surface area contributed by atoms with E-state index in [0.717, 1.165) is 6.42 Å². The predicted octanol–water partition coefficient (Wildman–Crippen LogP) is 4.51. The highest BCUT2D eigenvalue weighted by Gasteiger charge is 1.99. The molecule has 0 radical (unpaired) electrons. The fraction of sp³-hybridized carbons (Fsp3) is 0.200. The molecule has 1 rings (SSSR count). The van der Waals surface area contributed by atoms with Gasteiger partial charge in [0.15, 0.2) is 0 Å². The van der Waals surface area contributed by atoms with E-state index in [9.17, 15) is 0 Å². The standard InChI is InChI=1S/C15H18/c1-4-6-14(7-5-2)10-11-15-9-8-13(3)12-15/h4-11H,1,12H2,2-3H3/b7-5-,11-10+,14-6+. The minimum atomic E-state index is 1.08. The van der Waals surface area contributed by atoms with Crippen LogP contribution in [0.15, 0.2) is 71.9 Å². The van der Waals surface area contributed by atoms with Gasteiger partial charge in [0.25, 0.3) is 0 Å². The van der Waals surface area contributed by atoms with Crippen LogP contribution in [0, 0.1) is 0 Å². The third-order valence-corrected chi connectivity index (χ3v) is 2.22. The van der Waals surface area contributed by atoms with Crippen molar-refractivity contribution in [2.75, 3.05) is 0 Å². The van der Waals surface area contributed by atoms with Crippen molar-refractivity contribution in [3.05, 3.63) is 71.9 Å². The Morgan fingerprint density at radius 3 is 2.67 bits per heavy atom. The molecule has 0 aromatic heterocycles. The Morgan fingerprint density at radius 2 is 2.13 bits per heavy atom. The van der Waals surface area contributed by atoms with E-state index in [2.05, 4.69) is 43.9 Å². The fourth-order valence-electron chi connectivity index (χ4n) is 1.50. The van der Waals surface area contributed by atoms with Crippen molar-refractivity contribution in [1.29, 1.82) is 0 Å². The first kappa shape index (κ1) is 11.5. The summed E-state index contributed by atoms with van der Waals surface area (Å²) in [6, 6.07) is 0. The van der Waals surface area contributed by atoms with Crippen LogP contribution >= 0.6 is 0 Å². The topological polar surface area (TPSA) is 0 Å². The van der Waals surface area contributed by atoms with E-state index in [4.69, 9.17) is 0 Å². The molecule has 0 aromatic carbocycles. The highest BCUT2D eigenvalue weighted by Crippen LogP contribution is 2.19. The van der Waals surface area contributed by atoms with Crippen molar-refractivity contribution in [1.82, 2.24) is 0 Å². The third-order valence-electron chi connectivity index (χ3n) is 2.22. The van der Waals surface area contributed by atoms with E-state index in [0.29, 0.717) is 0 Å². The molecule has 78 valence electrons. The van der Waals surface area contributed by atoms with Crippen molar-refractivity contribution < 1.29 is 0 Å². The minimum absolute atomic E-state index is 1.08. The van der Waals surface area contributed by atoms with Crippen LogP contribution in [-0.2, 0) is 0 Å². The van der Waals surface area contributed by atoms with E-state index >= 15 is 0 Å². The summed E-state index contributed by atoms with van der Waals surface area (Å²) in [6.45, 7) is 7.88. The summed E-state index contributed by atoms with van der Waals surface area (Å²) >= 11 is 0. The number of hydrogen-bond donors (Lipinski definition) is 0. The molecule has 0 aromatic rings. The molecule has 0 atom stereocenters. The van der Waals surface area contributed by atoms with Gasteiger partial charge in [-0.2, -0.15) is 0 Å². The van der Waals surface area contributed by atoms with E-state index in [1.165, 1.54) is 16.7 Å². The Labute approximate surface area is 92.7 Å². The lowest BCUT2D eigenvalue weighted by Gasteiger charge is -1.95. The molecule has 0 fully saturated rings. The molecule has 0 aliphatic heterocycles. The van der Waals surface area contributed by atoms with E-state index in [1.807, 2.05) is 25.2 Å². The molecule has 0 N–H and O–H groups in total. The molecule has 0 bridgehead atoms. The molecule has 1 aliphatic rings. The largest absolute Gasteiger partial charge is 0.0990 e. The van der Waals surface area contributed by atoms with Gasteiger partial charge in [-0.25, -0.2) is 0 Å². The molecule has 0 saturated heterocycles. The maximum absolute atomic E-state index is 3.71. The van der Waals surface area contributed by atoms with Crippen LogP contribution < -0.4 is 0 Å². The van der Waals surface area contributed by atoms with Crippen LogP contribution in [0.4, 0.5) is 0 Å². The van der Waals surface area contributed by atoms with Crippen molar-refractivity contribution in [3.8, 4) is 0 Å². The first-order valence-electron chi connectivity index (χ1n) is 5.26. The Bertz CT molecular complexity index is 371. The average Bonchev–Trinajstić information content (AvgIpc) is 2.61. The summed E-state index contributed by atoms with van der Waals surface area (Å²) in [5.74, 6) is 0. The summed E-state index contributed by atoms with van der Waals surface area (Å²) < 4.78 is 0. The first-order valence-corrected chi connectivity index (χ1v) is 5.26. The van der Waals surface area contributed by atoms with Gasteiger partial charge in [-0.3, -0.25) is 0 Å². The monoisotopic (exact) mass is 198 g/mol. The smallest absolute Gasteiger partial charge is 0.00668 e. The highest BCUT2D eigenvalue weighted by atomic mass is 14.1. The zero-order valence-electron chi connectivity index (χ0n) is 9.53. The normalized spacial score (nSPS) is 17.3. The maximum Gasteiger partial charge on any atom is -0.00668 e. The van der Waals surface area contributed by atoms with Crippen LogP contribution in [0.25, 0.3) is 0 Å². The summed E-state index contributed by atoms with van der Waals surface area (Å²) in [5.41, 5.74) is 3.97. The van der Waals surface area contributed by atoms with Gasteiger partial charge in [-0.1, -0.05) is 60.8 Å². The molecule has 0 spiro atoms. The summed E-state index contributed by atoms with van der Waals surface area (Å²) in [5, 5.41) is 0. The van der Waals surface area contributed by atoms with E-state index in [1.54, 1.807) is 0 Å². The fourth-order valence-corrected chi connectivity index (χ4v) is 1.50. The second-order valence-corrected chi connectivity index (χ2v) is 3.67. The summed E-state index contributed by atoms with van der Waals surface area (Å²) in [4.78, 5) is 0. The lowest BCUT2D eigenvalue weighted by molar-refractivity contribution is 1.19. The molecule has 0 heteroatoms. The predicted molar refractivity (Wildman–Crippen MR) is 68.7 cm³/mol. The van der Waals surface area contributed by atoms with Gasteiger partial charge in [0.1, 0.15) is 0 Å². The second kappa shape index (κ2) is 6.02.